The number of carboxylic acids is 1. The molecule has 0 saturated heterocycles. The molecule has 4 heteroatoms. The van der Waals surface area contributed by atoms with E-state index in [9.17, 15) is 9.59 Å². The van der Waals surface area contributed by atoms with Crippen LogP contribution in [-0.2, 0) is 11.3 Å². The molecule has 22 heavy (non-hydrogen) atoms. The van der Waals surface area contributed by atoms with Crippen molar-refractivity contribution < 1.29 is 14.7 Å². The van der Waals surface area contributed by atoms with Gasteiger partial charge in [-0.05, 0) is 35.6 Å². The van der Waals surface area contributed by atoms with E-state index in [0.29, 0.717) is 12.5 Å². The van der Waals surface area contributed by atoms with Crippen LogP contribution in [0.15, 0.2) is 54.6 Å². The Morgan fingerprint density at radius 2 is 1.86 bits per heavy atom. The molecule has 0 aliphatic heterocycles. The van der Waals surface area contributed by atoms with Gasteiger partial charge >= 0.3 is 5.97 Å². The summed E-state index contributed by atoms with van der Waals surface area (Å²) in [5, 5.41) is 11.9. The molecule has 2 N–H and O–H groups in total. The van der Waals surface area contributed by atoms with Crippen LogP contribution in [0.3, 0.4) is 0 Å². The van der Waals surface area contributed by atoms with Crippen molar-refractivity contribution in [2.75, 3.05) is 0 Å². The minimum Gasteiger partial charge on any atom is -0.478 e. The Morgan fingerprint density at radius 3 is 2.59 bits per heavy atom. The molecule has 1 aliphatic rings. The third-order valence-corrected chi connectivity index (χ3v) is 4.00. The molecular formula is C18H17NO3. The first-order chi connectivity index (χ1) is 10.6. The number of carbonyl (C=O) groups excluding carboxylic acids is 1. The Morgan fingerprint density at radius 1 is 1.09 bits per heavy atom. The SMILES string of the molecule is O=C(O)c1cccc(CNC(=O)[C@H]2C[C@@H]2c2ccccc2)c1. The number of carboxylic acid groups (broad SMARTS) is 1. The molecule has 0 radical (unpaired) electrons. The molecule has 0 bridgehead atoms. The minimum atomic E-state index is -0.959. The van der Waals surface area contributed by atoms with Crippen molar-refractivity contribution in [3.05, 3.63) is 71.3 Å². The summed E-state index contributed by atoms with van der Waals surface area (Å²) in [4.78, 5) is 23.1. The zero-order chi connectivity index (χ0) is 15.5. The first-order valence-corrected chi connectivity index (χ1v) is 7.30. The number of amides is 1. The topological polar surface area (TPSA) is 66.4 Å². The molecule has 0 spiro atoms. The summed E-state index contributed by atoms with van der Waals surface area (Å²) < 4.78 is 0. The molecule has 112 valence electrons. The van der Waals surface area contributed by atoms with Gasteiger partial charge in [0.25, 0.3) is 0 Å². The fraction of sp³-hybridized carbons (Fsp3) is 0.222. The zero-order valence-electron chi connectivity index (χ0n) is 12.0. The third kappa shape index (κ3) is 3.17. The average molecular weight is 295 g/mol. The van der Waals surface area contributed by atoms with Crippen LogP contribution in [0, 0.1) is 5.92 Å². The Labute approximate surface area is 128 Å². The first-order valence-electron chi connectivity index (χ1n) is 7.30. The minimum absolute atomic E-state index is 0.0325. The highest BCUT2D eigenvalue weighted by molar-refractivity contribution is 5.87. The van der Waals surface area contributed by atoms with E-state index in [1.165, 1.54) is 5.56 Å². The maximum absolute atomic E-state index is 12.2. The number of benzene rings is 2. The van der Waals surface area contributed by atoms with Gasteiger partial charge in [-0.3, -0.25) is 4.79 Å². The molecule has 1 fully saturated rings. The van der Waals surface area contributed by atoms with Crippen LogP contribution in [0.25, 0.3) is 0 Å². The quantitative estimate of drug-likeness (QED) is 0.891. The Hall–Kier alpha value is -2.62. The van der Waals surface area contributed by atoms with Gasteiger partial charge in [0.15, 0.2) is 0 Å². The normalized spacial score (nSPS) is 19.5. The maximum Gasteiger partial charge on any atom is 0.335 e. The number of nitrogens with one attached hydrogen (secondary N) is 1. The van der Waals surface area contributed by atoms with Crippen LogP contribution in [0.5, 0.6) is 0 Å². The third-order valence-electron chi connectivity index (χ3n) is 4.00. The second kappa shape index (κ2) is 6.02. The number of hydrogen-bond donors (Lipinski definition) is 2. The highest BCUT2D eigenvalue weighted by Gasteiger charge is 2.43. The lowest BCUT2D eigenvalue weighted by molar-refractivity contribution is -0.122. The highest BCUT2D eigenvalue weighted by Crippen LogP contribution is 2.47. The lowest BCUT2D eigenvalue weighted by atomic mass is 10.1. The van der Waals surface area contributed by atoms with Crippen molar-refractivity contribution in [2.45, 2.75) is 18.9 Å². The van der Waals surface area contributed by atoms with Gasteiger partial charge in [-0.25, -0.2) is 4.79 Å². The van der Waals surface area contributed by atoms with Crippen LogP contribution in [0.2, 0.25) is 0 Å². The molecule has 2 aromatic carbocycles. The number of hydrogen-bond acceptors (Lipinski definition) is 2. The van der Waals surface area contributed by atoms with E-state index in [1.807, 2.05) is 36.4 Å². The van der Waals surface area contributed by atoms with Crippen LogP contribution in [0.4, 0.5) is 0 Å². The summed E-state index contributed by atoms with van der Waals surface area (Å²) in [7, 11) is 0. The molecule has 1 amide bonds. The zero-order valence-corrected chi connectivity index (χ0v) is 12.0. The number of aromatic carboxylic acids is 1. The maximum atomic E-state index is 12.2. The predicted octanol–water partition coefficient (Wildman–Crippen LogP) is 2.80. The lowest BCUT2D eigenvalue weighted by Gasteiger charge is -2.06. The second-order valence-electron chi connectivity index (χ2n) is 5.58. The van der Waals surface area contributed by atoms with Gasteiger partial charge in [0.2, 0.25) is 5.91 Å². The highest BCUT2D eigenvalue weighted by atomic mass is 16.4. The Balaban J connectivity index is 1.56. The molecule has 2 aromatic rings. The standard InChI is InChI=1S/C18H17NO3/c20-17(16-10-15(16)13-6-2-1-3-7-13)19-11-12-5-4-8-14(9-12)18(21)22/h1-9,15-16H,10-11H2,(H,19,20)(H,21,22)/t15-,16+/m1/s1. The summed E-state index contributed by atoms with van der Waals surface area (Å²) in [5.41, 5.74) is 2.24. The molecule has 3 rings (SSSR count). The predicted molar refractivity (Wildman–Crippen MR) is 82.5 cm³/mol. The van der Waals surface area contributed by atoms with E-state index >= 15 is 0 Å². The lowest BCUT2D eigenvalue weighted by Crippen LogP contribution is -2.25. The number of rotatable bonds is 5. The Bertz CT molecular complexity index is 696. The summed E-state index contributed by atoms with van der Waals surface area (Å²) in [6, 6.07) is 16.7. The van der Waals surface area contributed by atoms with Gasteiger partial charge in [-0.15, -0.1) is 0 Å². The fourth-order valence-electron chi connectivity index (χ4n) is 2.69. The van der Waals surface area contributed by atoms with Crippen molar-refractivity contribution in [3.8, 4) is 0 Å². The van der Waals surface area contributed by atoms with E-state index in [4.69, 9.17) is 5.11 Å². The first kappa shape index (κ1) is 14.3. The number of carbonyl (C=O) groups is 2. The van der Waals surface area contributed by atoms with Crippen LogP contribution >= 0.6 is 0 Å². The molecule has 4 nitrogen and oxygen atoms in total. The summed E-state index contributed by atoms with van der Waals surface area (Å²) in [5.74, 6) is -0.578. The van der Waals surface area contributed by atoms with E-state index < -0.39 is 5.97 Å². The van der Waals surface area contributed by atoms with E-state index in [0.717, 1.165) is 12.0 Å². The van der Waals surface area contributed by atoms with Crippen molar-refractivity contribution in [1.29, 1.82) is 0 Å². The molecular weight excluding hydrogens is 278 g/mol. The van der Waals surface area contributed by atoms with Gasteiger partial charge in [-0.1, -0.05) is 42.5 Å². The second-order valence-corrected chi connectivity index (χ2v) is 5.58. The van der Waals surface area contributed by atoms with Crippen LogP contribution in [0.1, 0.15) is 33.8 Å². The molecule has 0 unspecified atom stereocenters. The van der Waals surface area contributed by atoms with Gasteiger partial charge in [-0.2, -0.15) is 0 Å². The van der Waals surface area contributed by atoms with E-state index in [-0.39, 0.29) is 17.4 Å². The van der Waals surface area contributed by atoms with Crippen molar-refractivity contribution in [3.63, 3.8) is 0 Å². The van der Waals surface area contributed by atoms with Crippen LogP contribution in [-0.4, -0.2) is 17.0 Å². The van der Waals surface area contributed by atoms with Gasteiger partial charge in [0.05, 0.1) is 5.56 Å². The molecule has 1 saturated carbocycles. The fourth-order valence-corrected chi connectivity index (χ4v) is 2.69. The van der Waals surface area contributed by atoms with Crippen molar-refractivity contribution in [2.24, 2.45) is 5.92 Å². The van der Waals surface area contributed by atoms with Gasteiger partial charge in [0.1, 0.15) is 0 Å². The van der Waals surface area contributed by atoms with Gasteiger partial charge in [0, 0.05) is 12.5 Å². The largest absolute Gasteiger partial charge is 0.478 e. The van der Waals surface area contributed by atoms with Crippen LogP contribution < -0.4 is 5.32 Å². The summed E-state index contributed by atoms with van der Waals surface area (Å²) >= 11 is 0. The monoisotopic (exact) mass is 295 g/mol. The molecule has 0 aromatic heterocycles. The molecule has 2 atom stereocenters. The van der Waals surface area contributed by atoms with Crippen molar-refractivity contribution in [1.82, 2.24) is 5.32 Å². The van der Waals surface area contributed by atoms with E-state index in [1.54, 1.807) is 18.2 Å². The smallest absolute Gasteiger partial charge is 0.335 e. The molecule has 0 heterocycles. The molecule has 1 aliphatic carbocycles. The average Bonchev–Trinajstić information content (AvgIpc) is 3.34. The van der Waals surface area contributed by atoms with Crippen molar-refractivity contribution >= 4 is 11.9 Å². The summed E-state index contributed by atoms with van der Waals surface area (Å²) in [6.07, 6.45) is 0.880. The summed E-state index contributed by atoms with van der Waals surface area (Å²) in [6.45, 7) is 0.359. The van der Waals surface area contributed by atoms with Gasteiger partial charge < -0.3 is 10.4 Å². The Kier molecular flexibility index (Phi) is 3.92. The van der Waals surface area contributed by atoms with E-state index in [2.05, 4.69) is 5.32 Å².